The predicted molar refractivity (Wildman–Crippen MR) is 101 cm³/mol. The molecule has 5 nitrogen and oxygen atoms in total. The van der Waals surface area contributed by atoms with Crippen molar-refractivity contribution in [2.75, 3.05) is 13.6 Å². The Morgan fingerprint density at radius 2 is 2.04 bits per heavy atom. The van der Waals surface area contributed by atoms with Crippen LogP contribution >= 0.6 is 11.3 Å². The highest BCUT2D eigenvalue weighted by molar-refractivity contribution is 7.17. The van der Waals surface area contributed by atoms with Gasteiger partial charge in [-0.15, -0.1) is 11.3 Å². The Hall–Kier alpha value is -2.25. The van der Waals surface area contributed by atoms with Crippen LogP contribution < -0.4 is 10.3 Å². The van der Waals surface area contributed by atoms with Crippen LogP contribution in [-0.2, 0) is 13.2 Å². The first-order valence-corrected chi connectivity index (χ1v) is 9.37. The zero-order valence-corrected chi connectivity index (χ0v) is 16.0. The highest BCUT2D eigenvalue weighted by atomic mass is 32.1. The zero-order chi connectivity index (χ0) is 18.7. The van der Waals surface area contributed by atoms with E-state index in [9.17, 15) is 9.18 Å². The smallest absolute Gasteiger partial charge is 0.259 e. The van der Waals surface area contributed by atoms with Crippen molar-refractivity contribution in [3.63, 3.8) is 0 Å². The molecule has 0 radical (unpaired) electrons. The van der Waals surface area contributed by atoms with Crippen LogP contribution in [0.3, 0.4) is 0 Å². The van der Waals surface area contributed by atoms with Crippen molar-refractivity contribution >= 4 is 16.3 Å². The molecule has 0 aliphatic heterocycles. The van der Waals surface area contributed by atoms with E-state index in [1.165, 1.54) is 29.5 Å². The molecule has 0 saturated carbocycles. The molecular formula is C19H22FN3O2S. The van der Waals surface area contributed by atoms with Gasteiger partial charge in [-0.25, -0.2) is 9.37 Å². The third kappa shape index (κ3) is 4.11. The largest absolute Gasteiger partial charge is 0.487 e. The van der Waals surface area contributed by atoms with E-state index in [0.717, 1.165) is 23.5 Å². The topological polar surface area (TPSA) is 46.8 Å². The van der Waals surface area contributed by atoms with Gasteiger partial charge < -0.3 is 9.64 Å². The zero-order valence-electron chi connectivity index (χ0n) is 15.2. The van der Waals surface area contributed by atoms with Gasteiger partial charge in [-0.1, -0.05) is 6.92 Å². The van der Waals surface area contributed by atoms with Gasteiger partial charge in [-0.05, 0) is 51.2 Å². The molecule has 0 aliphatic rings. The maximum atomic E-state index is 12.9. The molecule has 3 rings (SSSR count). The summed E-state index contributed by atoms with van der Waals surface area (Å²) >= 11 is 1.51. The molecule has 7 heteroatoms. The van der Waals surface area contributed by atoms with Crippen LogP contribution in [0.25, 0.3) is 4.96 Å². The SMILES string of the molecule is CCCN(C)Cc1c(C)sc2nc(COc3ccc(F)cc3)cc(=O)n12. The number of benzene rings is 1. The van der Waals surface area contributed by atoms with Gasteiger partial charge in [0.25, 0.3) is 5.56 Å². The Labute approximate surface area is 155 Å². The second-order valence-corrected chi connectivity index (χ2v) is 7.47. The lowest BCUT2D eigenvalue weighted by Gasteiger charge is -2.15. The van der Waals surface area contributed by atoms with Gasteiger partial charge in [-0.3, -0.25) is 9.20 Å². The molecule has 2 aromatic heterocycles. The Balaban J connectivity index is 1.84. The van der Waals surface area contributed by atoms with Crippen molar-refractivity contribution < 1.29 is 9.13 Å². The molecule has 26 heavy (non-hydrogen) atoms. The normalized spacial score (nSPS) is 11.4. The number of ether oxygens (including phenoxy) is 1. The Morgan fingerprint density at radius 3 is 2.73 bits per heavy atom. The summed E-state index contributed by atoms with van der Waals surface area (Å²) < 4.78 is 20.2. The third-order valence-corrected chi connectivity index (χ3v) is 5.09. The Morgan fingerprint density at radius 1 is 1.31 bits per heavy atom. The van der Waals surface area contributed by atoms with E-state index in [2.05, 4.69) is 23.9 Å². The standard InChI is InChI=1S/C19H22FN3O2S/c1-4-9-22(3)11-17-13(2)26-19-21-15(10-18(24)23(17)19)12-25-16-7-5-14(20)6-8-16/h5-8,10H,4,9,11-12H2,1-3H3. The van der Waals surface area contributed by atoms with Crippen molar-refractivity contribution in [2.24, 2.45) is 0 Å². The number of hydrogen-bond donors (Lipinski definition) is 0. The quantitative estimate of drug-likeness (QED) is 0.633. The maximum absolute atomic E-state index is 12.9. The summed E-state index contributed by atoms with van der Waals surface area (Å²) in [5.41, 5.74) is 1.45. The number of hydrogen-bond acceptors (Lipinski definition) is 5. The molecule has 2 heterocycles. The highest BCUT2D eigenvalue weighted by Gasteiger charge is 2.14. The van der Waals surface area contributed by atoms with Crippen LogP contribution in [-0.4, -0.2) is 27.9 Å². The average Bonchev–Trinajstić information content (AvgIpc) is 2.90. The van der Waals surface area contributed by atoms with Crippen molar-refractivity contribution in [2.45, 2.75) is 33.4 Å². The van der Waals surface area contributed by atoms with E-state index in [1.54, 1.807) is 16.5 Å². The molecule has 1 aromatic carbocycles. The van der Waals surface area contributed by atoms with Crippen molar-refractivity contribution in [1.29, 1.82) is 0 Å². The van der Waals surface area contributed by atoms with E-state index in [0.29, 0.717) is 22.9 Å². The van der Waals surface area contributed by atoms with Crippen LogP contribution in [0.15, 0.2) is 35.1 Å². The van der Waals surface area contributed by atoms with Crippen molar-refractivity contribution in [3.8, 4) is 5.75 Å². The monoisotopic (exact) mass is 375 g/mol. The summed E-state index contributed by atoms with van der Waals surface area (Å²) in [5, 5.41) is 0. The van der Waals surface area contributed by atoms with Crippen molar-refractivity contribution in [1.82, 2.24) is 14.3 Å². The highest BCUT2D eigenvalue weighted by Crippen LogP contribution is 2.21. The van der Waals surface area contributed by atoms with E-state index in [1.807, 2.05) is 6.92 Å². The molecule has 0 aliphatic carbocycles. The second kappa shape index (κ2) is 7.97. The van der Waals surface area contributed by atoms with Crippen LogP contribution in [0, 0.1) is 12.7 Å². The fourth-order valence-electron chi connectivity index (χ4n) is 2.84. The summed E-state index contributed by atoms with van der Waals surface area (Å²) in [5.74, 6) is 0.224. The lowest BCUT2D eigenvalue weighted by Crippen LogP contribution is -2.24. The Bertz CT molecular complexity index is 950. The first kappa shape index (κ1) is 18.5. The third-order valence-electron chi connectivity index (χ3n) is 4.09. The van der Waals surface area contributed by atoms with Crippen molar-refractivity contribution in [3.05, 3.63) is 62.8 Å². The molecular weight excluding hydrogens is 353 g/mol. The Kier molecular flexibility index (Phi) is 5.68. The molecule has 0 saturated heterocycles. The number of aryl methyl sites for hydroxylation is 1. The molecule has 138 valence electrons. The summed E-state index contributed by atoms with van der Waals surface area (Å²) in [6.07, 6.45) is 1.07. The van der Waals surface area contributed by atoms with Gasteiger partial charge in [0.2, 0.25) is 0 Å². The van der Waals surface area contributed by atoms with Crippen LogP contribution in [0.1, 0.15) is 29.6 Å². The minimum Gasteiger partial charge on any atom is -0.487 e. The molecule has 0 bridgehead atoms. The van der Waals surface area contributed by atoms with Crippen LogP contribution in [0.5, 0.6) is 5.75 Å². The predicted octanol–water partition coefficient (Wildman–Crippen LogP) is 3.62. The minimum absolute atomic E-state index is 0.100. The van der Waals surface area contributed by atoms with E-state index < -0.39 is 0 Å². The van der Waals surface area contributed by atoms with Gasteiger partial charge in [-0.2, -0.15) is 0 Å². The van der Waals surface area contributed by atoms with E-state index in [4.69, 9.17) is 4.74 Å². The second-order valence-electron chi connectivity index (χ2n) is 6.29. The van der Waals surface area contributed by atoms with Gasteiger partial charge in [0.15, 0.2) is 4.96 Å². The van der Waals surface area contributed by atoms with Gasteiger partial charge in [0.05, 0.1) is 11.4 Å². The first-order chi connectivity index (χ1) is 12.5. The molecule has 3 aromatic rings. The number of aromatic nitrogens is 2. The first-order valence-electron chi connectivity index (χ1n) is 8.55. The maximum Gasteiger partial charge on any atom is 0.259 e. The van der Waals surface area contributed by atoms with Crippen LogP contribution in [0.4, 0.5) is 4.39 Å². The number of rotatable bonds is 7. The van der Waals surface area contributed by atoms with E-state index in [-0.39, 0.29) is 18.0 Å². The fraction of sp³-hybridized carbons (Fsp3) is 0.368. The molecule has 0 spiro atoms. The molecule has 0 fully saturated rings. The molecule has 0 N–H and O–H groups in total. The van der Waals surface area contributed by atoms with Crippen LogP contribution in [0.2, 0.25) is 0 Å². The molecule has 0 atom stereocenters. The lowest BCUT2D eigenvalue weighted by molar-refractivity contribution is 0.300. The van der Waals surface area contributed by atoms with Gasteiger partial charge >= 0.3 is 0 Å². The average molecular weight is 375 g/mol. The summed E-state index contributed by atoms with van der Waals surface area (Å²) in [4.78, 5) is 21.2. The summed E-state index contributed by atoms with van der Waals surface area (Å²) in [6, 6.07) is 7.28. The number of halogens is 1. The lowest BCUT2D eigenvalue weighted by atomic mass is 10.3. The fourth-order valence-corrected chi connectivity index (χ4v) is 3.84. The summed E-state index contributed by atoms with van der Waals surface area (Å²) in [7, 11) is 2.05. The van der Waals surface area contributed by atoms with Gasteiger partial charge in [0, 0.05) is 17.5 Å². The number of nitrogens with zero attached hydrogens (tertiary/aromatic N) is 3. The van der Waals surface area contributed by atoms with Gasteiger partial charge in [0.1, 0.15) is 18.2 Å². The molecule has 0 amide bonds. The van der Waals surface area contributed by atoms with E-state index >= 15 is 0 Å². The number of fused-ring (bicyclic) bond motifs is 1. The minimum atomic E-state index is -0.315. The number of thiazole rings is 1. The summed E-state index contributed by atoms with van der Waals surface area (Å²) in [6.45, 7) is 6.01. The molecule has 0 unspecified atom stereocenters.